The predicted molar refractivity (Wildman–Crippen MR) is 75.1 cm³/mol. The van der Waals surface area contributed by atoms with Gasteiger partial charge in [-0.25, -0.2) is 0 Å². The monoisotopic (exact) mass is 237 g/mol. The van der Waals surface area contributed by atoms with Crippen molar-refractivity contribution in [2.24, 2.45) is 17.3 Å². The van der Waals surface area contributed by atoms with Gasteiger partial charge in [-0.1, -0.05) is 40.5 Å². The minimum atomic E-state index is 0.514. The number of nitrogens with one attached hydrogen (secondary N) is 1. The van der Waals surface area contributed by atoms with Gasteiger partial charge in [-0.2, -0.15) is 0 Å². The van der Waals surface area contributed by atoms with Crippen molar-refractivity contribution in [3.63, 3.8) is 0 Å². The normalized spacial score (nSPS) is 38.8. The average molecular weight is 237 g/mol. The summed E-state index contributed by atoms with van der Waals surface area (Å²) >= 11 is 0. The highest BCUT2D eigenvalue weighted by molar-refractivity contribution is 4.94. The summed E-state index contributed by atoms with van der Waals surface area (Å²) in [5, 5.41) is 3.91. The van der Waals surface area contributed by atoms with Crippen LogP contribution in [0.4, 0.5) is 0 Å². The summed E-state index contributed by atoms with van der Waals surface area (Å²) < 4.78 is 0. The van der Waals surface area contributed by atoms with Crippen LogP contribution in [0, 0.1) is 17.3 Å². The van der Waals surface area contributed by atoms with Gasteiger partial charge >= 0.3 is 0 Å². The van der Waals surface area contributed by atoms with Gasteiger partial charge in [-0.05, 0) is 49.4 Å². The van der Waals surface area contributed by atoms with Crippen LogP contribution in [0.1, 0.15) is 72.6 Å². The van der Waals surface area contributed by atoms with Gasteiger partial charge in [0, 0.05) is 12.1 Å². The zero-order valence-electron chi connectivity index (χ0n) is 12.3. The largest absolute Gasteiger partial charge is 0.311 e. The molecule has 0 aromatic heterocycles. The van der Waals surface area contributed by atoms with Crippen LogP contribution in [-0.2, 0) is 0 Å². The quantitative estimate of drug-likeness (QED) is 0.719. The molecule has 2 fully saturated rings. The highest BCUT2D eigenvalue weighted by atomic mass is 15.0. The fraction of sp³-hybridized carbons (Fsp3) is 1.00. The number of rotatable bonds is 3. The number of hydrogen-bond acceptors (Lipinski definition) is 1. The summed E-state index contributed by atoms with van der Waals surface area (Å²) in [5.41, 5.74) is 0.514. The van der Waals surface area contributed by atoms with Gasteiger partial charge in [0.1, 0.15) is 0 Å². The van der Waals surface area contributed by atoms with E-state index in [0.29, 0.717) is 5.41 Å². The van der Waals surface area contributed by atoms with E-state index in [9.17, 15) is 0 Å². The van der Waals surface area contributed by atoms with E-state index < -0.39 is 0 Å². The van der Waals surface area contributed by atoms with E-state index in [-0.39, 0.29) is 0 Å². The van der Waals surface area contributed by atoms with Crippen molar-refractivity contribution in [3.05, 3.63) is 0 Å². The van der Waals surface area contributed by atoms with Crippen LogP contribution in [0.5, 0.6) is 0 Å². The topological polar surface area (TPSA) is 12.0 Å². The van der Waals surface area contributed by atoms with Crippen LogP contribution in [0.3, 0.4) is 0 Å². The van der Waals surface area contributed by atoms with Crippen molar-refractivity contribution >= 4 is 0 Å². The van der Waals surface area contributed by atoms with Crippen molar-refractivity contribution in [2.75, 3.05) is 0 Å². The second kappa shape index (κ2) is 5.30. The van der Waals surface area contributed by atoms with E-state index in [2.05, 4.69) is 33.0 Å². The second-order valence-electron chi connectivity index (χ2n) is 7.45. The Kier molecular flexibility index (Phi) is 4.18. The molecular formula is C16H31N. The van der Waals surface area contributed by atoms with Crippen LogP contribution in [0.25, 0.3) is 0 Å². The molecule has 4 unspecified atom stereocenters. The first-order valence-electron chi connectivity index (χ1n) is 7.76. The molecule has 100 valence electrons. The molecule has 1 N–H and O–H groups in total. The van der Waals surface area contributed by atoms with Gasteiger partial charge in [0.2, 0.25) is 0 Å². The second-order valence-corrected chi connectivity index (χ2v) is 7.45. The lowest BCUT2D eigenvalue weighted by atomic mass is 9.76. The Bertz CT molecular complexity index is 240. The molecule has 0 spiro atoms. The molecule has 1 heteroatoms. The highest BCUT2D eigenvalue weighted by Crippen LogP contribution is 2.38. The van der Waals surface area contributed by atoms with Gasteiger partial charge < -0.3 is 5.32 Å². The fourth-order valence-corrected chi connectivity index (χ4v) is 3.54. The van der Waals surface area contributed by atoms with Gasteiger partial charge in [0.15, 0.2) is 0 Å². The summed E-state index contributed by atoms with van der Waals surface area (Å²) in [6.45, 7) is 9.58. The molecule has 0 radical (unpaired) electrons. The molecule has 0 bridgehead atoms. The molecule has 0 amide bonds. The van der Waals surface area contributed by atoms with E-state index >= 15 is 0 Å². The lowest BCUT2D eigenvalue weighted by Crippen LogP contribution is -2.31. The molecule has 0 heterocycles. The van der Waals surface area contributed by atoms with Crippen molar-refractivity contribution in [3.8, 4) is 0 Å². The lowest BCUT2D eigenvalue weighted by molar-refractivity contribution is 0.213. The molecule has 2 aliphatic carbocycles. The molecule has 0 aromatic rings. The molecule has 2 aliphatic rings. The predicted octanol–water partition coefficient (Wildman–Crippen LogP) is 4.37. The van der Waals surface area contributed by atoms with E-state index in [1.54, 1.807) is 0 Å². The molecular weight excluding hydrogens is 206 g/mol. The summed E-state index contributed by atoms with van der Waals surface area (Å²) in [5.74, 6) is 1.94. The van der Waals surface area contributed by atoms with Crippen LogP contribution in [0.2, 0.25) is 0 Å². The maximum Gasteiger partial charge on any atom is 0.0102 e. The molecule has 0 saturated heterocycles. The molecule has 0 aromatic carbocycles. The minimum absolute atomic E-state index is 0.514. The average Bonchev–Trinajstić information content (AvgIpc) is 3.00. The van der Waals surface area contributed by atoms with Crippen LogP contribution in [0.15, 0.2) is 0 Å². The smallest absolute Gasteiger partial charge is 0.0102 e. The standard InChI is InChI=1S/C16H31N/c1-5-12-11-15(12)17-14-8-6-7-13(9-10-14)16(2,3)4/h12-15,17H,5-11H2,1-4H3. The Morgan fingerprint density at radius 2 is 1.82 bits per heavy atom. The van der Waals surface area contributed by atoms with Crippen molar-refractivity contribution < 1.29 is 0 Å². The van der Waals surface area contributed by atoms with E-state index in [1.807, 2.05) is 0 Å². The lowest BCUT2D eigenvalue weighted by Gasteiger charge is -2.29. The summed E-state index contributed by atoms with van der Waals surface area (Å²) in [6.07, 6.45) is 9.95. The van der Waals surface area contributed by atoms with Gasteiger partial charge in [0.05, 0.1) is 0 Å². The third-order valence-electron chi connectivity index (χ3n) is 5.09. The zero-order chi connectivity index (χ0) is 12.5. The first kappa shape index (κ1) is 13.4. The first-order valence-corrected chi connectivity index (χ1v) is 7.76. The summed E-state index contributed by atoms with van der Waals surface area (Å²) in [6, 6.07) is 1.69. The summed E-state index contributed by atoms with van der Waals surface area (Å²) in [7, 11) is 0. The van der Waals surface area contributed by atoms with E-state index in [1.165, 1.54) is 44.9 Å². The third-order valence-corrected chi connectivity index (χ3v) is 5.09. The summed E-state index contributed by atoms with van der Waals surface area (Å²) in [4.78, 5) is 0. The maximum absolute atomic E-state index is 3.91. The van der Waals surface area contributed by atoms with Crippen molar-refractivity contribution in [2.45, 2.75) is 84.7 Å². The van der Waals surface area contributed by atoms with Gasteiger partial charge in [0.25, 0.3) is 0 Å². The van der Waals surface area contributed by atoms with E-state index in [4.69, 9.17) is 0 Å². The van der Waals surface area contributed by atoms with Gasteiger partial charge in [-0.15, -0.1) is 0 Å². The Morgan fingerprint density at radius 1 is 1.06 bits per heavy atom. The van der Waals surface area contributed by atoms with Crippen LogP contribution >= 0.6 is 0 Å². The minimum Gasteiger partial charge on any atom is -0.311 e. The SMILES string of the molecule is CCC1CC1NC1CCCC(C(C)(C)C)CC1. The highest BCUT2D eigenvalue weighted by Gasteiger charge is 2.37. The maximum atomic E-state index is 3.91. The third kappa shape index (κ3) is 3.71. The Morgan fingerprint density at radius 3 is 2.41 bits per heavy atom. The molecule has 2 rings (SSSR count). The fourth-order valence-electron chi connectivity index (χ4n) is 3.54. The van der Waals surface area contributed by atoms with Crippen molar-refractivity contribution in [1.82, 2.24) is 5.32 Å². The first-order chi connectivity index (χ1) is 8.00. The molecule has 4 atom stereocenters. The molecule has 17 heavy (non-hydrogen) atoms. The van der Waals surface area contributed by atoms with Crippen LogP contribution in [-0.4, -0.2) is 12.1 Å². The van der Waals surface area contributed by atoms with E-state index in [0.717, 1.165) is 23.9 Å². The Balaban J connectivity index is 1.76. The molecule has 2 saturated carbocycles. The molecule has 0 aliphatic heterocycles. The Labute approximate surface area is 108 Å². The number of hydrogen-bond donors (Lipinski definition) is 1. The van der Waals surface area contributed by atoms with Gasteiger partial charge in [-0.3, -0.25) is 0 Å². The van der Waals surface area contributed by atoms with Crippen LogP contribution < -0.4 is 5.32 Å². The van der Waals surface area contributed by atoms with Crippen molar-refractivity contribution in [1.29, 1.82) is 0 Å². The Hall–Kier alpha value is -0.0400. The zero-order valence-corrected chi connectivity index (χ0v) is 12.3. The molecule has 1 nitrogen and oxygen atoms in total.